The summed E-state index contributed by atoms with van der Waals surface area (Å²) in [7, 11) is 0. The van der Waals surface area contributed by atoms with Crippen molar-refractivity contribution in [1.29, 1.82) is 0 Å². The molecule has 0 radical (unpaired) electrons. The number of aliphatic hydroxyl groups excluding tert-OH is 1. The van der Waals surface area contributed by atoms with Crippen molar-refractivity contribution < 1.29 is 5.11 Å². The first-order valence-electron chi connectivity index (χ1n) is 6.76. The van der Waals surface area contributed by atoms with E-state index in [2.05, 4.69) is 20.5 Å². The molecular weight excluding hydrogens is 254 g/mol. The highest BCUT2D eigenvalue weighted by atomic mass is 16.2. The first-order valence-corrected chi connectivity index (χ1v) is 6.76. The number of nitrogens with one attached hydrogen (secondary N) is 1. The average molecular weight is 271 g/mol. The van der Waals surface area contributed by atoms with Crippen molar-refractivity contribution in [3.05, 3.63) is 30.1 Å². The highest BCUT2D eigenvalue weighted by molar-refractivity contribution is 5.82. The van der Waals surface area contributed by atoms with Crippen molar-refractivity contribution in [2.24, 2.45) is 0 Å². The Morgan fingerprint density at radius 2 is 2.05 bits per heavy atom. The van der Waals surface area contributed by atoms with Crippen LogP contribution in [0.3, 0.4) is 0 Å². The summed E-state index contributed by atoms with van der Waals surface area (Å²) in [4.78, 5) is 4.62. The Morgan fingerprint density at radius 1 is 1.20 bits per heavy atom. The van der Waals surface area contributed by atoms with Gasteiger partial charge < -0.3 is 10.4 Å². The number of hydrogen-bond acceptors (Lipinski definition) is 5. The third-order valence-electron chi connectivity index (χ3n) is 3.27. The number of benzene rings is 1. The summed E-state index contributed by atoms with van der Waals surface area (Å²) >= 11 is 0. The summed E-state index contributed by atoms with van der Waals surface area (Å²) in [5.74, 6) is 1.58. The number of rotatable bonds is 5. The van der Waals surface area contributed by atoms with Gasteiger partial charge in [0.15, 0.2) is 5.82 Å². The van der Waals surface area contributed by atoms with Gasteiger partial charge in [0.2, 0.25) is 5.65 Å². The van der Waals surface area contributed by atoms with Crippen LogP contribution in [0.2, 0.25) is 0 Å². The van der Waals surface area contributed by atoms with Crippen molar-refractivity contribution in [2.45, 2.75) is 19.8 Å². The zero-order chi connectivity index (χ0) is 13.9. The molecule has 0 atom stereocenters. The summed E-state index contributed by atoms with van der Waals surface area (Å²) in [5, 5.41) is 20.4. The molecular formula is C14H17N5O. The van der Waals surface area contributed by atoms with Crippen molar-refractivity contribution in [3.8, 4) is 0 Å². The Hall–Kier alpha value is -2.21. The first kappa shape index (κ1) is 12.8. The van der Waals surface area contributed by atoms with Gasteiger partial charge in [-0.05, 0) is 31.9 Å². The molecule has 0 aliphatic heterocycles. The van der Waals surface area contributed by atoms with Crippen LogP contribution in [0.5, 0.6) is 0 Å². The van der Waals surface area contributed by atoms with E-state index in [-0.39, 0.29) is 6.61 Å². The number of aromatic nitrogens is 4. The van der Waals surface area contributed by atoms with Crippen LogP contribution < -0.4 is 5.32 Å². The number of para-hydroxylation sites is 2. The predicted octanol–water partition coefficient (Wildman–Crippen LogP) is 1.77. The molecule has 3 rings (SSSR count). The van der Waals surface area contributed by atoms with E-state index in [0.717, 1.165) is 47.7 Å². The van der Waals surface area contributed by atoms with Crippen LogP contribution in [0, 0.1) is 6.92 Å². The lowest BCUT2D eigenvalue weighted by Gasteiger charge is -2.09. The molecule has 6 nitrogen and oxygen atoms in total. The van der Waals surface area contributed by atoms with Gasteiger partial charge in [-0.2, -0.15) is 0 Å². The minimum atomic E-state index is 0.215. The molecule has 2 heterocycles. The third kappa shape index (κ3) is 2.18. The lowest BCUT2D eigenvalue weighted by atomic mass is 10.3. The number of unbranched alkanes of at least 4 members (excludes halogenated alkanes) is 1. The van der Waals surface area contributed by atoms with Crippen LogP contribution in [-0.4, -0.2) is 37.8 Å². The monoisotopic (exact) mass is 271 g/mol. The van der Waals surface area contributed by atoms with Crippen molar-refractivity contribution in [3.63, 3.8) is 0 Å². The number of nitrogens with zero attached hydrogens (tertiary/aromatic N) is 4. The van der Waals surface area contributed by atoms with Gasteiger partial charge in [-0.15, -0.1) is 10.2 Å². The van der Waals surface area contributed by atoms with E-state index in [0.29, 0.717) is 0 Å². The molecule has 2 aromatic heterocycles. The first-order chi connectivity index (χ1) is 9.81. The van der Waals surface area contributed by atoms with Crippen LogP contribution in [0.4, 0.5) is 5.82 Å². The van der Waals surface area contributed by atoms with Crippen molar-refractivity contribution in [2.75, 3.05) is 18.5 Å². The predicted molar refractivity (Wildman–Crippen MR) is 77.8 cm³/mol. The molecule has 104 valence electrons. The third-order valence-corrected chi connectivity index (χ3v) is 3.27. The molecule has 0 aliphatic rings. The quantitative estimate of drug-likeness (QED) is 0.692. The maximum Gasteiger partial charge on any atom is 0.204 e. The highest BCUT2D eigenvalue weighted by Crippen LogP contribution is 2.21. The van der Waals surface area contributed by atoms with E-state index >= 15 is 0 Å². The van der Waals surface area contributed by atoms with Gasteiger partial charge in [0.1, 0.15) is 5.82 Å². The van der Waals surface area contributed by atoms with E-state index < -0.39 is 0 Å². The summed E-state index contributed by atoms with van der Waals surface area (Å²) in [5.41, 5.74) is 2.66. The standard InChI is InChI=1S/C14H17N5O/c1-10-17-18-14-13(15-8-4-5-9-20)16-11-6-2-3-7-12(11)19(10)14/h2-3,6-7,20H,4-5,8-9H2,1H3,(H,15,16). The highest BCUT2D eigenvalue weighted by Gasteiger charge is 2.11. The Kier molecular flexibility index (Phi) is 3.47. The second-order valence-corrected chi connectivity index (χ2v) is 4.71. The minimum absolute atomic E-state index is 0.215. The van der Waals surface area contributed by atoms with Crippen LogP contribution in [0.1, 0.15) is 18.7 Å². The maximum absolute atomic E-state index is 8.81. The lowest BCUT2D eigenvalue weighted by Crippen LogP contribution is -2.07. The molecule has 6 heteroatoms. The van der Waals surface area contributed by atoms with Gasteiger partial charge in [0.25, 0.3) is 0 Å². The second kappa shape index (κ2) is 5.42. The summed E-state index contributed by atoms with van der Waals surface area (Å²) in [6.45, 7) is 2.90. The number of aliphatic hydroxyl groups is 1. The van der Waals surface area contributed by atoms with E-state index in [1.807, 2.05) is 35.6 Å². The van der Waals surface area contributed by atoms with Crippen molar-refractivity contribution >= 4 is 22.5 Å². The van der Waals surface area contributed by atoms with E-state index in [1.165, 1.54) is 0 Å². The van der Waals surface area contributed by atoms with Gasteiger partial charge in [0, 0.05) is 13.2 Å². The van der Waals surface area contributed by atoms with Gasteiger partial charge in [-0.1, -0.05) is 12.1 Å². The van der Waals surface area contributed by atoms with Crippen LogP contribution in [0.25, 0.3) is 16.7 Å². The van der Waals surface area contributed by atoms with E-state index in [9.17, 15) is 0 Å². The van der Waals surface area contributed by atoms with E-state index in [4.69, 9.17) is 5.11 Å². The van der Waals surface area contributed by atoms with Gasteiger partial charge >= 0.3 is 0 Å². The maximum atomic E-state index is 8.81. The fraction of sp³-hybridized carbons (Fsp3) is 0.357. The molecule has 3 aromatic rings. The number of fused-ring (bicyclic) bond motifs is 3. The minimum Gasteiger partial charge on any atom is -0.396 e. The topological polar surface area (TPSA) is 75.3 Å². The van der Waals surface area contributed by atoms with Gasteiger partial charge in [-0.3, -0.25) is 4.40 Å². The molecule has 0 aliphatic carbocycles. The molecule has 0 unspecified atom stereocenters. The zero-order valence-electron chi connectivity index (χ0n) is 11.4. The average Bonchev–Trinajstić information content (AvgIpc) is 2.86. The molecule has 0 bridgehead atoms. The molecule has 0 saturated heterocycles. The summed E-state index contributed by atoms with van der Waals surface area (Å²) in [6, 6.07) is 7.95. The fourth-order valence-electron chi connectivity index (χ4n) is 2.28. The molecule has 2 N–H and O–H groups in total. The molecule has 0 amide bonds. The Bertz CT molecular complexity index is 737. The number of hydrogen-bond donors (Lipinski definition) is 2. The van der Waals surface area contributed by atoms with Gasteiger partial charge in [0.05, 0.1) is 11.0 Å². The van der Waals surface area contributed by atoms with Gasteiger partial charge in [-0.25, -0.2) is 4.98 Å². The Labute approximate surface area is 116 Å². The van der Waals surface area contributed by atoms with E-state index in [1.54, 1.807) is 0 Å². The molecule has 20 heavy (non-hydrogen) atoms. The van der Waals surface area contributed by atoms with Crippen LogP contribution >= 0.6 is 0 Å². The second-order valence-electron chi connectivity index (χ2n) is 4.71. The molecule has 1 aromatic carbocycles. The summed E-state index contributed by atoms with van der Waals surface area (Å²) in [6.07, 6.45) is 1.67. The zero-order valence-corrected chi connectivity index (χ0v) is 11.4. The van der Waals surface area contributed by atoms with Crippen LogP contribution in [-0.2, 0) is 0 Å². The normalized spacial score (nSPS) is 11.3. The Balaban J connectivity index is 2.06. The van der Waals surface area contributed by atoms with Crippen LogP contribution in [0.15, 0.2) is 24.3 Å². The fourth-order valence-corrected chi connectivity index (χ4v) is 2.28. The Morgan fingerprint density at radius 3 is 2.90 bits per heavy atom. The molecule has 0 fully saturated rings. The number of aryl methyl sites for hydroxylation is 1. The lowest BCUT2D eigenvalue weighted by molar-refractivity contribution is 0.286. The summed E-state index contributed by atoms with van der Waals surface area (Å²) < 4.78 is 2.01. The number of anilines is 1. The van der Waals surface area contributed by atoms with Crippen molar-refractivity contribution in [1.82, 2.24) is 19.6 Å². The smallest absolute Gasteiger partial charge is 0.204 e. The molecule has 0 spiro atoms. The molecule has 0 saturated carbocycles. The SMILES string of the molecule is Cc1nnc2c(NCCCCO)nc3ccccc3n12. The largest absolute Gasteiger partial charge is 0.396 e.